The van der Waals surface area contributed by atoms with Crippen LogP contribution in [0, 0.1) is 37.1 Å². The van der Waals surface area contributed by atoms with E-state index in [0.717, 1.165) is 5.69 Å². The predicted octanol–water partition coefficient (Wildman–Crippen LogP) is 4.30. The van der Waals surface area contributed by atoms with Crippen molar-refractivity contribution in [2.24, 2.45) is 0 Å². The van der Waals surface area contributed by atoms with Gasteiger partial charge in [0.1, 0.15) is 0 Å². The first-order valence-corrected chi connectivity index (χ1v) is 7.57. The topological polar surface area (TPSA) is 46.9 Å². The van der Waals surface area contributed by atoms with Gasteiger partial charge in [-0.25, -0.2) is 22.2 Å². The normalized spacial score (nSPS) is 10.8. The second-order valence-corrected chi connectivity index (χ2v) is 5.60. The molecule has 0 unspecified atom stereocenters. The summed E-state index contributed by atoms with van der Waals surface area (Å²) < 4.78 is 55.1. The van der Waals surface area contributed by atoms with E-state index in [1.165, 1.54) is 0 Å². The molecule has 3 rings (SSSR count). The molecule has 0 fully saturated rings. The number of carbonyl (C=O) groups is 1. The van der Waals surface area contributed by atoms with E-state index in [1.54, 1.807) is 30.7 Å². The summed E-state index contributed by atoms with van der Waals surface area (Å²) in [5.41, 5.74) is 1.02. The molecule has 0 aliphatic carbocycles. The lowest BCUT2D eigenvalue weighted by atomic mass is 10.1. The SMILES string of the molecule is Cc1nn(-c2ccccc2)c(C)c1NC(=O)c1cc(F)c(F)c(F)c1F. The van der Waals surface area contributed by atoms with Gasteiger partial charge in [-0.05, 0) is 32.0 Å². The Balaban J connectivity index is 1.98. The van der Waals surface area contributed by atoms with E-state index < -0.39 is 34.7 Å². The van der Waals surface area contributed by atoms with Crippen molar-refractivity contribution in [2.45, 2.75) is 13.8 Å². The molecule has 0 spiro atoms. The highest BCUT2D eigenvalue weighted by Gasteiger charge is 2.24. The minimum Gasteiger partial charge on any atom is -0.319 e. The first-order valence-electron chi connectivity index (χ1n) is 7.57. The number of aryl methyl sites for hydroxylation is 1. The molecule has 0 radical (unpaired) electrons. The number of anilines is 1. The number of carbonyl (C=O) groups excluding carboxylic acids is 1. The molecule has 8 heteroatoms. The predicted molar refractivity (Wildman–Crippen MR) is 87.3 cm³/mol. The van der Waals surface area contributed by atoms with Crippen molar-refractivity contribution in [2.75, 3.05) is 5.32 Å². The molecule has 1 aromatic heterocycles. The maximum Gasteiger partial charge on any atom is 0.258 e. The monoisotopic (exact) mass is 363 g/mol. The average molecular weight is 363 g/mol. The van der Waals surface area contributed by atoms with Crippen LogP contribution in [0.15, 0.2) is 36.4 Å². The molecule has 134 valence electrons. The number of hydrogen-bond donors (Lipinski definition) is 1. The first-order chi connectivity index (χ1) is 12.3. The molecule has 26 heavy (non-hydrogen) atoms. The van der Waals surface area contributed by atoms with E-state index in [1.807, 2.05) is 18.2 Å². The number of benzene rings is 2. The van der Waals surface area contributed by atoms with Gasteiger partial charge in [-0.2, -0.15) is 5.10 Å². The van der Waals surface area contributed by atoms with Gasteiger partial charge in [0.05, 0.1) is 28.3 Å². The summed E-state index contributed by atoms with van der Waals surface area (Å²) in [5.74, 6) is -8.53. The van der Waals surface area contributed by atoms with Crippen LogP contribution < -0.4 is 5.32 Å². The van der Waals surface area contributed by atoms with Crippen molar-refractivity contribution < 1.29 is 22.4 Å². The molecule has 0 bridgehead atoms. The van der Waals surface area contributed by atoms with E-state index in [0.29, 0.717) is 17.5 Å². The summed E-state index contributed by atoms with van der Waals surface area (Å²) in [6, 6.07) is 9.37. The van der Waals surface area contributed by atoms with Crippen molar-refractivity contribution in [3.63, 3.8) is 0 Å². The van der Waals surface area contributed by atoms with Crippen molar-refractivity contribution in [1.82, 2.24) is 9.78 Å². The van der Waals surface area contributed by atoms with Crippen LogP contribution in [0.5, 0.6) is 0 Å². The van der Waals surface area contributed by atoms with Crippen LogP contribution in [0.2, 0.25) is 0 Å². The number of nitrogens with one attached hydrogen (secondary N) is 1. The molecule has 2 aromatic carbocycles. The van der Waals surface area contributed by atoms with E-state index in [-0.39, 0.29) is 5.69 Å². The molecule has 0 aliphatic rings. The lowest BCUT2D eigenvalue weighted by molar-refractivity contribution is 0.102. The summed E-state index contributed by atoms with van der Waals surface area (Å²) in [4.78, 5) is 12.3. The lowest BCUT2D eigenvalue weighted by Crippen LogP contribution is -2.17. The first kappa shape index (κ1) is 17.7. The van der Waals surface area contributed by atoms with Crippen LogP contribution in [0.3, 0.4) is 0 Å². The van der Waals surface area contributed by atoms with E-state index in [9.17, 15) is 22.4 Å². The second kappa shape index (κ2) is 6.62. The number of para-hydroxylation sites is 1. The molecule has 1 N–H and O–H groups in total. The standard InChI is InChI=1S/C18H13F4N3O/c1-9-17(10(2)25(24-9)11-6-4-3-5-7-11)23-18(26)12-8-13(19)15(21)16(22)14(12)20/h3-8H,1-2H3,(H,23,26). The van der Waals surface area contributed by atoms with Crippen LogP contribution in [0.1, 0.15) is 21.7 Å². The largest absolute Gasteiger partial charge is 0.319 e. The summed E-state index contributed by atoms with van der Waals surface area (Å²) >= 11 is 0. The highest BCUT2D eigenvalue weighted by molar-refractivity contribution is 6.05. The second-order valence-electron chi connectivity index (χ2n) is 5.60. The Bertz CT molecular complexity index is 1000. The fourth-order valence-corrected chi connectivity index (χ4v) is 2.56. The summed E-state index contributed by atoms with van der Waals surface area (Å²) in [6.07, 6.45) is 0. The van der Waals surface area contributed by atoms with E-state index in [4.69, 9.17) is 0 Å². The smallest absolute Gasteiger partial charge is 0.258 e. The quantitative estimate of drug-likeness (QED) is 0.429. The van der Waals surface area contributed by atoms with Crippen molar-refractivity contribution >= 4 is 11.6 Å². The Morgan fingerprint density at radius 3 is 2.31 bits per heavy atom. The van der Waals surface area contributed by atoms with Crippen molar-refractivity contribution in [3.8, 4) is 5.69 Å². The number of halogens is 4. The zero-order valence-electron chi connectivity index (χ0n) is 13.8. The summed E-state index contributed by atoms with van der Waals surface area (Å²) in [7, 11) is 0. The van der Waals surface area contributed by atoms with Crippen LogP contribution in [-0.4, -0.2) is 15.7 Å². The van der Waals surface area contributed by atoms with Gasteiger partial charge in [-0.3, -0.25) is 4.79 Å². The Morgan fingerprint density at radius 1 is 1.00 bits per heavy atom. The van der Waals surface area contributed by atoms with Crippen molar-refractivity contribution in [3.05, 3.63) is 76.6 Å². The van der Waals surface area contributed by atoms with Gasteiger partial charge in [0.25, 0.3) is 5.91 Å². The number of amides is 1. The highest BCUT2D eigenvalue weighted by atomic mass is 19.2. The Kier molecular flexibility index (Phi) is 4.50. The van der Waals surface area contributed by atoms with Gasteiger partial charge in [0, 0.05) is 0 Å². The molecule has 4 nitrogen and oxygen atoms in total. The Hall–Kier alpha value is -3.16. The molecule has 1 amide bonds. The van der Waals surface area contributed by atoms with Crippen LogP contribution in [0.25, 0.3) is 5.69 Å². The molecule has 0 saturated carbocycles. The van der Waals surface area contributed by atoms with Gasteiger partial charge in [-0.15, -0.1) is 0 Å². The Labute approximate surface area is 146 Å². The number of hydrogen-bond acceptors (Lipinski definition) is 2. The molecular weight excluding hydrogens is 350 g/mol. The molecule has 1 heterocycles. The highest BCUT2D eigenvalue weighted by Crippen LogP contribution is 2.25. The fraction of sp³-hybridized carbons (Fsp3) is 0.111. The van der Waals surface area contributed by atoms with Gasteiger partial charge >= 0.3 is 0 Å². The van der Waals surface area contributed by atoms with Crippen LogP contribution in [-0.2, 0) is 0 Å². The zero-order valence-corrected chi connectivity index (χ0v) is 13.8. The van der Waals surface area contributed by atoms with Crippen LogP contribution >= 0.6 is 0 Å². The minimum absolute atomic E-state index is 0.267. The van der Waals surface area contributed by atoms with Gasteiger partial charge < -0.3 is 5.32 Å². The third-order valence-electron chi connectivity index (χ3n) is 3.88. The molecule has 3 aromatic rings. The van der Waals surface area contributed by atoms with Gasteiger partial charge in [0.2, 0.25) is 0 Å². The maximum absolute atomic E-state index is 13.8. The van der Waals surface area contributed by atoms with Crippen LogP contribution in [0.4, 0.5) is 23.2 Å². The van der Waals surface area contributed by atoms with Crippen molar-refractivity contribution in [1.29, 1.82) is 0 Å². The molecule has 0 atom stereocenters. The number of aromatic nitrogens is 2. The average Bonchev–Trinajstić information content (AvgIpc) is 2.91. The number of rotatable bonds is 3. The number of nitrogens with zero attached hydrogens (tertiary/aromatic N) is 2. The van der Waals surface area contributed by atoms with E-state index >= 15 is 0 Å². The minimum atomic E-state index is -2.04. The lowest BCUT2D eigenvalue weighted by Gasteiger charge is -2.09. The molecular formula is C18H13F4N3O. The summed E-state index contributed by atoms with van der Waals surface area (Å²) in [5, 5.41) is 6.68. The van der Waals surface area contributed by atoms with Gasteiger partial charge in [0.15, 0.2) is 23.3 Å². The maximum atomic E-state index is 13.8. The molecule has 0 saturated heterocycles. The fourth-order valence-electron chi connectivity index (χ4n) is 2.56. The van der Waals surface area contributed by atoms with Gasteiger partial charge in [-0.1, -0.05) is 18.2 Å². The Morgan fingerprint density at radius 2 is 1.65 bits per heavy atom. The van der Waals surface area contributed by atoms with E-state index in [2.05, 4.69) is 10.4 Å². The third kappa shape index (κ3) is 2.94. The summed E-state index contributed by atoms with van der Waals surface area (Å²) in [6.45, 7) is 3.29. The zero-order chi connectivity index (χ0) is 19.0. The third-order valence-corrected chi connectivity index (χ3v) is 3.88. The molecule has 0 aliphatic heterocycles.